The summed E-state index contributed by atoms with van der Waals surface area (Å²) >= 11 is 0.308. The molecule has 2 unspecified atom stereocenters. The van der Waals surface area contributed by atoms with E-state index >= 15 is 0 Å². The molecular formula is C4H8NO4PS-2. The maximum atomic E-state index is 10.8. The van der Waals surface area contributed by atoms with E-state index in [0.29, 0.717) is 11.4 Å². The summed E-state index contributed by atoms with van der Waals surface area (Å²) in [5.74, 6) is -3.00. The third kappa shape index (κ3) is 4.42. The maximum Gasteiger partial charge on any atom is 0.0846 e. The van der Waals surface area contributed by atoms with Crippen molar-refractivity contribution in [2.24, 2.45) is 5.73 Å². The molecule has 0 saturated heterocycles. The molecule has 2 atom stereocenters. The number of nitrogens with two attached hydrogens (primary N) is 1. The number of hydrogen-bond donors (Lipinski definition) is 1. The number of carboxylic acid groups (broad SMARTS) is 1. The van der Waals surface area contributed by atoms with Gasteiger partial charge in [-0.1, -0.05) is 0 Å². The van der Waals surface area contributed by atoms with Crippen molar-refractivity contribution < 1.29 is 19.4 Å². The van der Waals surface area contributed by atoms with E-state index < -0.39 is 24.1 Å². The molecule has 5 nitrogen and oxygen atoms in total. The molecule has 0 aliphatic rings. The van der Waals surface area contributed by atoms with Crippen LogP contribution in [0.2, 0.25) is 0 Å². The molecule has 0 bridgehead atoms. The average Bonchev–Trinajstić information content (AvgIpc) is 1.84. The van der Waals surface area contributed by atoms with Gasteiger partial charge in [-0.2, -0.15) is 0 Å². The summed E-state index contributed by atoms with van der Waals surface area (Å²) in [5.41, 5.74) is 5.05. The SMILES string of the molecule is CC(N)P(=O)([O-])SCC(=O)[O-]. The lowest BCUT2D eigenvalue weighted by Gasteiger charge is -2.26. The van der Waals surface area contributed by atoms with Gasteiger partial charge in [-0.3, -0.25) is 0 Å². The van der Waals surface area contributed by atoms with Crippen LogP contribution in [0.25, 0.3) is 0 Å². The first-order valence-electron chi connectivity index (χ1n) is 2.77. The number of rotatable bonds is 4. The summed E-state index contributed by atoms with van der Waals surface area (Å²) in [7, 11) is 0. The Labute approximate surface area is 68.2 Å². The highest BCUT2D eigenvalue weighted by Gasteiger charge is 2.13. The van der Waals surface area contributed by atoms with Crippen molar-refractivity contribution in [1.29, 1.82) is 0 Å². The van der Waals surface area contributed by atoms with Crippen LogP contribution < -0.4 is 15.7 Å². The summed E-state index contributed by atoms with van der Waals surface area (Å²) in [4.78, 5) is 20.6. The second-order valence-corrected chi connectivity index (χ2v) is 6.67. The molecule has 0 aromatic heterocycles. The van der Waals surface area contributed by atoms with Crippen molar-refractivity contribution in [2.75, 3.05) is 5.75 Å². The van der Waals surface area contributed by atoms with Gasteiger partial charge in [0, 0.05) is 5.75 Å². The van der Waals surface area contributed by atoms with Crippen molar-refractivity contribution in [3.8, 4) is 0 Å². The predicted octanol–water partition coefficient (Wildman–Crippen LogP) is -1.67. The van der Waals surface area contributed by atoms with Crippen molar-refractivity contribution in [2.45, 2.75) is 12.7 Å². The molecule has 0 radical (unpaired) electrons. The van der Waals surface area contributed by atoms with Gasteiger partial charge in [0.1, 0.15) is 0 Å². The van der Waals surface area contributed by atoms with Crippen LogP contribution in [-0.2, 0) is 9.36 Å². The van der Waals surface area contributed by atoms with E-state index in [1.807, 2.05) is 0 Å². The summed E-state index contributed by atoms with van der Waals surface area (Å²) < 4.78 is 10.8. The zero-order chi connectivity index (χ0) is 9.07. The zero-order valence-corrected chi connectivity index (χ0v) is 7.56. The summed E-state index contributed by atoms with van der Waals surface area (Å²) in [6.07, 6.45) is 0. The third-order valence-electron chi connectivity index (χ3n) is 0.861. The van der Waals surface area contributed by atoms with Gasteiger partial charge >= 0.3 is 0 Å². The first kappa shape index (κ1) is 11.0. The molecule has 0 rings (SSSR count). The standard InChI is InChI=1S/C4H10NO4PS/c1-3(5)10(8,9)11-2-4(6)7/h3H,2,5H2,1H3,(H,6,7)(H,8,9)/p-2. The number of carbonyl (C=O) groups is 1. The fourth-order valence-corrected chi connectivity index (χ4v) is 2.34. The van der Waals surface area contributed by atoms with Crippen LogP contribution in [0, 0.1) is 0 Å². The second kappa shape index (κ2) is 4.11. The number of carboxylic acids is 1. The van der Waals surface area contributed by atoms with E-state index in [9.17, 15) is 19.4 Å². The molecule has 7 heteroatoms. The number of carbonyl (C=O) groups excluding carboxylic acids is 1. The normalized spacial score (nSPS) is 18.8. The number of aliphatic carboxylic acids is 1. The average molecular weight is 197 g/mol. The molecule has 0 fully saturated rings. The van der Waals surface area contributed by atoms with Gasteiger partial charge in [0.2, 0.25) is 0 Å². The lowest BCUT2D eigenvalue weighted by atomic mass is 10.8. The highest BCUT2D eigenvalue weighted by Crippen LogP contribution is 2.52. The van der Waals surface area contributed by atoms with Gasteiger partial charge in [0.25, 0.3) is 0 Å². The van der Waals surface area contributed by atoms with E-state index in [1.54, 1.807) is 0 Å². The fraction of sp³-hybridized carbons (Fsp3) is 0.750. The predicted molar refractivity (Wildman–Crippen MR) is 38.7 cm³/mol. The van der Waals surface area contributed by atoms with Gasteiger partial charge in [0.05, 0.1) is 18.3 Å². The molecular weight excluding hydrogens is 189 g/mol. The van der Waals surface area contributed by atoms with Crippen molar-refractivity contribution in [3.63, 3.8) is 0 Å². The minimum Gasteiger partial charge on any atom is -0.790 e. The van der Waals surface area contributed by atoms with E-state index in [4.69, 9.17) is 5.73 Å². The third-order valence-corrected chi connectivity index (χ3v) is 5.05. The van der Waals surface area contributed by atoms with Crippen molar-refractivity contribution in [1.82, 2.24) is 0 Å². The Morgan fingerprint density at radius 1 is 1.82 bits per heavy atom. The van der Waals surface area contributed by atoms with E-state index in [2.05, 4.69) is 0 Å². The Morgan fingerprint density at radius 2 is 2.27 bits per heavy atom. The topological polar surface area (TPSA) is 106 Å². The molecule has 0 aliphatic heterocycles. The molecule has 0 heterocycles. The van der Waals surface area contributed by atoms with Crippen LogP contribution >= 0.6 is 18.0 Å². The first-order valence-corrected chi connectivity index (χ1v) is 6.05. The van der Waals surface area contributed by atoms with Crippen LogP contribution in [-0.4, -0.2) is 17.5 Å². The molecule has 11 heavy (non-hydrogen) atoms. The first-order chi connectivity index (χ1) is 4.86. The Morgan fingerprint density at radius 3 is 2.55 bits per heavy atom. The molecule has 66 valence electrons. The monoisotopic (exact) mass is 197 g/mol. The minimum absolute atomic E-state index is 0.308. The van der Waals surface area contributed by atoms with Crippen LogP contribution in [0.4, 0.5) is 0 Å². The summed E-state index contributed by atoms with van der Waals surface area (Å²) in [6, 6.07) is 0. The van der Waals surface area contributed by atoms with Crippen LogP contribution in [0.5, 0.6) is 0 Å². The fourth-order valence-electron chi connectivity index (χ4n) is 0.260. The van der Waals surface area contributed by atoms with Crippen molar-refractivity contribution >= 4 is 23.9 Å². The van der Waals surface area contributed by atoms with E-state index in [0.717, 1.165) is 0 Å². The molecule has 0 amide bonds. The number of hydrogen-bond acceptors (Lipinski definition) is 6. The Balaban J connectivity index is 3.93. The van der Waals surface area contributed by atoms with Gasteiger partial charge in [-0.15, -0.1) is 11.4 Å². The summed E-state index contributed by atoms with van der Waals surface area (Å²) in [6.45, 7) is -2.51. The Hall–Kier alpha value is -0.0300. The van der Waals surface area contributed by atoms with Crippen LogP contribution in [0.15, 0.2) is 0 Å². The van der Waals surface area contributed by atoms with E-state index in [-0.39, 0.29) is 0 Å². The van der Waals surface area contributed by atoms with Gasteiger partial charge in [-0.25, -0.2) is 0 Å². The Kier molecular flexibility index (Phi) is 4.10. The zero-order valence-electron chi connectivity index (χ0n) is 5.85. The largest absolute Gasteiger partial charge is 0.790 e. The molecule has 0 aromatic rings. The lowest BCUT2D eigenvalue weighted by Crippen LogP contribution is -2.27. The summed E-state index contributed by atoms with van der Waals surface area (Å²) in [5, 5.41) is 9.84. The van der Waals surface area contributed by atoms with E-state index in [1.165, 1.54) is 6.92 Å². The molecule has 2 N–H and O–H groups in total. The van der Waals surface area contributed by atoms with Gasteiger partial charge in [0.15, 0.2) is 0 Å². The highest BCUT2D eigenvalue weighted by molar-refractivity contribution is 8.56. The maximum absolute atomic E-state index is 10.8. The Bertz CT molecular complexity index is 195. The smallest absolute Gasteiger partial charge is 0.0846 e. The lowest BCUT2D eigenvalue weighted by molar-refractivity contribution is -0.301. The quantitative estimate of drug-likeness (QED) is 0.540. The molecule has 0 saturated carbocycles. The highest BCUT2D eigenvalue weighted by atomic mass is 32.7. The molecule has 0 aromatic carbocycles. The van der Waals surface area contributed by atoms with Gasteiger partial charge in [-0.05, 0) is 6.92 Å². The van der Waals surface area contributed by atoms with Crippen molar-refractivity contribution in [3.05, 3.63) is 0 Å². The molecule has 0 aliphatic carbocycles. The molecule has 0 spiro atoms. The second-order valence-electron chi connectivity index (χ2n) is 1.93. The minimum atomic E-state index is -3.79. The van der Waals surface area contributed by atoms with Crippen LogP contribution in [0.3, 0.4) is 0 Å². The van der Waals surface area contributed by atoms with Crippen LogP contribution in [0.1, 0.15) is 6.92 Å². The van der Waals surface area contributed by atoms with Gasteiger partial charge < -0.3 is 25.1 Å².